The van der Waals surface area contributed by atoms with Gasteiger partial charge in [-0.1, -0.05) is 6.07 Å². The molecule has 2 aromatic heterocycles. The van der Waals surface area contributed by atoms with Gasteiger partial charge >= 0.3 is 0 Å². The molecule has 38 heavy (non-hydrogen) atoms. The standard InChI is InChI=1S/C27H27FN6O4/c1-33-13-19(12-31-33)20-10-21(20)27(37)32-25-9-17(4-6-30-25)16-2-3-23(18(8-16)11-29)38-24-5-7-34(14-22(24)28)26(36)15-35/h2-4,6,8-9,12-13,20-22,24,35H,5,7,10,14-15H2,1H3,(H,30,32,37)/t20?,21?,22-,24?/m1/s1. The summed E-state index contributed by atoms with van der Waals surface area (Å²) >= 11 is 0. The molecule has 1 saturated heterocycles. The summed E-state index contributed by atoms with van der Waals surface area (Å²) in [6.07, 6.45) is 4.05. The van der Waals surface area contributed by atoms with E-state index in [1.165, 1.54) is 4.90 Å². The van der Waals surface area contributed by atoms with Crippen molar-refractivity contribution >= 4 is 17.6 Å². The molecule has 0 bridgehead atoms. The number of carbonyl (C=O) groups is 2. The molecule has 0 radical (unpaired) electrons. The van der Waals surface area contributed by atoms with Crippen LogP contribution in [0.5, 0.6) is 5.75 Å². The smallest absolute Gasteiger partial charge is 0.248 e. The van der Waals surface area contributed by atoms with Gasteiger partial charge in [0.25, 0.3) is 0 Å². The summed E-state index contributed by atoms with van der Waals surface area (Å²) in [7, 11) is 1.84. The predicted octanol–water partition coefficient (Wildman–Crippen LogP) is 2.41. The lowest BCUT2D eigenvalue weighted by atomic mass is 10.0. The number of aryl methyl sites for hydroxylation is 1. The molecule has 3 heterocycles. The Balaban J connectivity index is 1.25. The van der Waals surface area contributed by atoms with Gasteiger partial charge in [0.2, 0.25) is 11.8 Å². The number of likely N-dealkylation sites (tertiary alicyclic amines) is 1. The van der Waals surface area contributed by atoms with Crippen LogP contribution in [0.3, 0.4) is 0 Å². The van der Waals surface area contributed by atoms with Crippen LogP contribution >= 0.6 is 0 Å². The van der Waals surface area contributed by atoms with Crippen molar-refractivity contribution in [3.05, 3.63) is 60.0 Å². The molecule has 1 aliphatic carbocycles. The number of nitrogens with zero attached hydrogens (tertiary/aromatic N) is 5. The predicted molar refractivity (Wildman–Crippen MR) is 135 cm³/mol. The van der Waals surface area contributed by atoms with Crippen LogP contribution in [0.25, 0.3) is 11.1 Å². The third-order valence-electron chi connectivity index (χ3n) is 6.97. The van der Waals surface area contributed by atoms with Gasteiger partial charge in [0.05, 0.1) is 18.3 Å². The van der Waals surface area contributed by atoms with Gasteiger partial charge in [0, 0.05) is 38.3 Å². The Labute approximate surface area is 218 Å². The van der Waals surface area contributed by atoms with Gasteiger partial charge in [0.1, 0.15) is 30.3 Å². The van der Waals surface area contributed by atoms with E-state index in [9.17, 15) is 19.2 Å². The maximum absolute atomic E-state index is 14.7. The number of hydrogen-bond acceptors (Lipinski definition) is 7. The largest absolute Gasteiger partial charge is 0.486 e. The fourth-order valence-electron chi connectivity index (χ4n) is 4.79. The Morgan fingerprint density at radius 3 is 2.82 bits per heavy atom. The molecule has 0 spiro atoms. The van der Waals surface area contributed by atoms with Crippen LogP contribution in [0.1, 0.15) is 29.9 Å². The lowest BCUT2D eigenvalue weighted by Crippen LogP contribution is -2.50. The van der Waals surface area contributed by atoms with Gasteiger partial charge in [-0.15, -0.1) is 0 Å². The number of aliphatic hydroxyl groups excluding tert-OH is 1. The lowest BCUT2D eigenvalue weighted by Gasteiger charge is -2.34. The van der Waals surface area contributed by atoms with Crippen LogP contribution in [0.15, 0.2) is 48.9 Å². The van der Waals surface area contributed by atoms with E-state index in [1.807, 2.05) is 13.2 Å². The Morgan fingerprint density at radius 1 is 1.29 bits per heavy atom. The number of carbonyl (C=O) groups excluding carboxylic acids is 2. The van der Waals surface area contributed by atoms with Crippen LogP contribution in [-0.4, -0.2) is 68.6 Å². The summed E-state index contributed by atoms with van der Waals surface area (Å²) in [4.78, 5) is 29.9. The molecule has 4 atom stereocenters. The van der Waals surface area contributed by atoms with Crippen molar-refractivity contribution in [2.75, 3.05) is 25.0 Å². The van der Waals surface area contributed by atoms with Gasteiger partial charge < -0.3 is 20.1 Å². The van der Waals surface area contributed by atoms with Crippen LogP contribution in [-0.2, 0) is 16.6 Å². The molecule has 1 aliphatic heterocycles. The van der Waals surface area contributed by atoms with Gasteiger partial charge in [-0.05, 0) is 53.3 Å². The molecule has 5 rings (SSSR count). The Kier molecular flexibility index (Phi) is 7.07. The summed E-state index contributed by atoms with van der Waals surface area (Å²) in [6, 6.07) is 10.6. The molecule has 3 aromatic rings. The lowest BCUT2D eigenvalue weighted by molar-refractivity contribution is -0.138. The van der Waals surface area contributed by atoms with Crippen LogP contribution in [0.4, 0.5) is 10.2 Å². The number of nitriles is 1. The second kappa shape index (κ2) is 10.6. The third kappa shape index (κ3) is 5.35. The van der Waals surface area contributed by atoms with Crippen molar-refractivity contribution < 1.29 is 23.8 Å². The number of halogens is 1. The monoisotopic (exact) mass is 518 g/mol. The van der Waals surface area contributed by atoms with E-state index in [1.54, 1.807) is 47.4 Å². The van der Waals surface area contributed by atoms with Crippen LogP contribution in [0.2, 0.25) is 0 Å². The highest BCUT2D eigenvalue weighted by Gasteiger charge is 2.44. The molecule has 2 aliphatic rings. The normalized spacial score (nSPS) is 22.4. The maximum atomic E-state index is 14.7. The van der Waals surface area contributed by atoms with Crippen molar-refractivity contribution in [3.63, 3.8) is 0 Å². The molecular weight excluding hydrogens is 491 g/mol. The molecule has 3 unspecified atom stereocenters. The van der Waals surface area contributed by atoms with Gasteiger partial charge in [-0.3, -0.25) is 14.3 Å². The third-order valence-corrected chi connectivity index (χ3v) is 6.97. The highest BCUT2D eigenvalue weighted by Crippen LogP contribution is 2.47. The van der Waals surface area contributed by atoms with Crippen LogP contribution < -0.4 is 10.1 Å². The Bertz CT molecular complexity index is 1400. The number of alkyl halides is 1. The van der Waals surface area contributed by atoms with E-state index in [2.05, 4.69) is 21.5 Å². The second-order valence-electron chi connectivity index (χ2n) is 9.60. The quantitative estimate of drug-likeness (QED) is 0.491. The SMILES string of the molecule is Cn1cc(C2CC2C(=O)Nc2cc(-c3ccc(OC4CCN(C(=O)CO)C[C@H]4F)c(C#N)c3)ccn2)cn1. The van der Waals surface area contributed by atoms with E-state index in [4.69, 9.17) is 9.84 Å². The molecular formula is C27H27FN6O4. The first-order valence-corrected chi connectivity index (χ1v) is 12.4. The highest BCUT2D eigenvalue weighted by molar-refractivity contribution is 5.95. The average molecular weight is 519 g/mol. The zero-order valence-electron chi connectivity index (χ0n) is 20.7. The number of aromatic nitrogens is 3. The second-order valence-corrected chi connectivity index (χ2v) is 9.60. The summed E-state index contributed by atoms with van der Waals surface area (Å²) in [6.45, 7) is -0.565. The maximum Gasteiger partial charge on any atom is 0.248 e. The number of benzene rings is 1. The fourth-order valence-corrected chi connectivity index (χ4v) is 4.79. The van der Waals surface area contributed by atoms with Gasteiger partial charge in [0.15, 0.2) is 6.17 Å². The zero-order valence-corrected chi connectivity index (χ0v) is 20.7. The van der Waals surface area contributed by atoms with Crippen molar-refractivity contribution in [1.82, 2.24) is 19.7 Å². The van der Waals surface area contributed by atoms with Crippen molar-refractivity contribution in [1.29, 1.82) is 5.26 Å². The van der Waals surface area contributed by atoms with Crippen molar-refractivity contribution in [3.8, 4) is 22.9 Å². The van der Waals surface area contributed by atoms with Crippen LogP contribution in [0, 0.1) is 17.2 Å². The van der Waals surface area contributed by atoms with Crippen molar-refractivity contribution in [2.24, 2.45) is 13.0 Å². The minimum Gasteiger partial charge on any atom is -0.486 e. The topological polar surface area (TPSA) is 133 Å². The Morgan fingerprint density at radius 2 is 2.11 bits per heavy atom. The van der Waals surface area contributed by atoms with Gasteiger partial charge in [-0.2, -0.15) is 10.4 Å². The van der Waals surface area contributed by atoms with E-state index < -0.39 is 24.8 Å². The molecule has 11 heteroatoms. The first-order valence-electron chi connectivity index (χ1n) is 12.4. The van der Waals surface area contributed by atoms with Gasteiger partial charge in [-0.25, -0.2) is 9.37 Å². The minimum atomic E-state index is -1.44. The van der Waals surface area contributed by atoms with E-state index in [0.29, 0.717) is 11.4 Å². The number of pyridine rings is 1. The Hall–Kier alpha value is -4.30. The molecule has 2 fully saturated rings. The number of hydrogen-bond donors (Lipinski definition) is 2. The highest BCUT2D eigenvalue weighted by atomic mass is 19.1. The summed E-state index contributed by atoms with van der Waals surface area (Å²) in [5.74, 6) is 0.0726. The fraction of sp³-hybridized carbons (Fsp3) is 0.370. The summed E-state index contributed by atoms with van der Waals surface area (Å²) in [5.41, 5.74) is 2.75. The summed E-state index contributed by atoms with van der Waals surface area (Å²) in [5, 5.41) is 25.8. The number of nitrogens with one attached hydrogen (secondary N) is 1. The minimum absolute atomic E-state index is 0.0996. The number of rotatable bonds is 7. The number of piperidine rings is 1. The summed E-state index contributed by atoms with van der Waals surface area (Å²) < 4.78 is 22.2. The molecule has 10 nitrogen and oxygen atoms in total. The molecule has 2 N–H and O–H groups in total. The average Bonchev–Trinajstić information content (AvgIpc) is 3.62. The van der Waals surface area contributed by atoms with E-state index in [-0.39, 0.29) is 48.6 Å². The first kappa shape index (κ1) is 25.4. The molecule has 1 aromatic carbocycles. The molecule has 1 saturated carbocycles. The number of ether oxygens (including phenoxy) is 1. The zero-order chi connectivity index (χ0) is 26.8. The number of amides is 2. The molecule has 2 amide bonds. The number of aliphatic hydroxyl groups is 1. The number of anilines is 1. The first-order chi connectivity index (χ1) is 18.4. The van der Waals surface area contributed by atoms with Crippen molar-refractivity contribution in [2.45, 2.75) is 31.0 Å². The van der Waals surface area contributed by atoms with E-state index >= 15 is 0 Å². The van der Waals surface area contributed by atoms with E-state index in [0.717, 1.165) is 17.5 Å². The molecule has 196 valence electrons.